The van der Waals surface area contributed by atoms with Crippen LogP contribution in [0.15, 0.2) is 12.1 Å². The van der Waals surface area contributed by atoms with Gasteiger partial charge in [-0.15, -0.1) is 0 Å². The van der Waals surface area contributed by atoms with Crippen molar-refractivity contribution < 1.29 is 10.0 Å². The second-order valence-electron chi connectivity index (χ2n) is 5.52. The minimum absolute atomic E-state index is 0.0383. The summed E-state index contributed by atoms with van der Waals surface area (Å²) in [6.45, 7) is 7.36. The molecule has 1 aliphatic rings. The zero-order valence-electron chi connectivity index (χ0n) is 12.6. The molecular weight excluding hydrogens is 270 g/mol. The number of phenolic OH excluding ortho intramolecular Hbond substituents is 1. The molecule has 0 radical (unpaired) electrons. The van der Waals surface area contributed by atoms with Crippen LogP contribution in [0.5, 0.6) is 5.75 Å². The Morgan fingerprint density at radius 1 is 1.43 bits per heavy atom. The van der Waals surface area contributed by atoms with E-state index in [1.54, 1.807) is 13.0 Å². The van der Waals surface area contributed by atoms with Gasteiger partial charge in [0.2, 0.25) is 0 Å². The van der Waals surface area contributed by atoms with E-state index in [0.717, 1.165) is 39.0 Å². The number of rotatable bonds is 5. The molecule has 6 heteroatoms. The third-order valence-electron chi connectivity index (χ3n) is 4.08. The molecule has 1 saturated heterocycles. The Balaban J connectivity index is 2.40. The largest absolute Gasteiger partial charge is 0.502 e. The minimum Gasteiger partial charge on any atom is -0.502 e. The van der Waals surface area contributed by atoms with Crippen molar-refractivity contribution in [3.8, 4) is 5.75 Å². The van der Waals surface area contributed by atoms with E-state index in [-0.39, 0.29) is 17.5 Å². The molecular formula is C15H23N3O3. The predicted molar refractivity (Wildman–Crippen MR) is 81.6 cm³/mol. The summed E-state index contributed by atoms with van der Waals surface area (Å²) in [6.07, 6.45) is 1.85. The van der Waals surface area contributed by atoms with Gasteiger partial charge in [-0.1, -0.05) is 25.5 Å². The number of aromatic hydroxyl groups is 1. The quantitative estimate of drug-likeness (QED) is 0.643. The number of benzene rings is 1. The van der Waals surface area contributed by atoms with E-state index < -0.39 is 4.92 Å². The summed E-state index contributed by atoms with van der Waals surface area (Å²) in [4.78, 5) is 13.0. The molecule has 21 heavy (non-hydrogen) atoms. The molecule has 2 rings (SSSR count). The maximum absolute atomic E-state index is 11.2. The van der Waals surface area contributed by atoms with Crippen LogP contribution >= 0.6 is 0 Å². The highest BCUT2D eigenvalue weighted by Gasteiger charge is 2.28. The first-order chi connectivity index (χ1) is 10.1. The summed E-state index contributed by atoms with van der Waals surface area (Å²) in [5.41, 5.74) is 1.01. The van der Waals surface area contributed by atoms with Crippen LogP contribution in [0.1, 0.15) is 36.9 Å². The topological polar surface area (TPSA) is 78.6 Å². The van der Waals surface area contributed by atoms with Gasteiger partial charge < -0.3 is 10.4 Å². The number of phenols is 1. The molecule has 2 N–H and O–H groups in total. The Kier molecular flexibility index (Phi) is 5.14. The number of nitro benzene ring substituents is 1. The van der Waals surface area contributed by atoms with Gasteiger partial charge in [-0.2, -0.15) is 0 Å². The van der Waals surface area contributed by atoms with E-state index in [2.05, 4.69) is 17.1 Å². The molecule has 1 aliphatic heterocycles. The fourth-order valence-corrected chi connectivity index (χ4v) is 3.00. The highest BCUT2D eigenvalue weighted by Crippen LogP contribution is 2.39. The Morgan fingerprint density at radius 2 is 2.10 bits per heavy atom. The molecule has 0 unspecified atom stereocenters. The van der Waals surface area contributed by atoms with Gasteiger partial charge >= 0.3 is 5.69 Å². The van der Waals surface area contributed by atoms with Crippen LogP contribution in [0.3, 0.4) is 0 Å². The number of aryl methyl sites for hydroxylation is 1. The van der Waals surface area contributed by atoms with E-state index in [1.807, 2.05) is 6.07 Å². The number of piperazine rings is 1. The van der Waals surface area contributed by atoms with E-state index >= 15 is 0 Å². The van der Waals surface area contributed by atoms with Crippen molar-refractivity contribution in [2.45, 2.75) is 32.7 Å². The second kappa shape index (κ2) is 6.87. The van der Waals surface area contributed by atoms with Crippen molar-refractivity contribution in [2.75, 3.05) is 26.2 Å². The van der Waals surface area contributed by atoms with E-state index in [4.69, 9.17) is 0 Å². The van der Waals surface area contributed by atoms with Crippen molar-refractivity contribution in [3.63, 3.8) is 0 Å². The van der Waals surface area contributed by atoms with Gasteiger partial charge in [0.05, 0.1) is 4.92 Å². The fraction of sp³-hybridized carbons (Fsp3) is 0.600. The smallest absolute Gasteiger partial charge is 0.313 e. The number of hydrogen-bond donors (Lipinski definition) is 2. The Labute approximate surface area is 124 Å². The van der Waals surface area contributed by atoms with Crippen molar-refractivity contribution in [2.24, 2.45) is 0 Å². The third kappa shape index (κ3) is 3.33. The molecule has 0 aliphatic carbocycles. The van der Waals surface area contributed by atoms with Crippen LogP contribution in [0.25, 0.3) is 0 Å². The highest BCUT2D eigenvalue weighted by atomic mass is 16.6. The summed E-state index contributed by atoms with van der Waals surface area (Å²) < 4.78 is 0. The molecule has 0 saturated carbocycles. The van der Waals surface area contributed by atoms with Gasteiger partial charge in [-0.3, -0.25) is 15.0 Å². The summed E-state index contributed by atoms with van der Waals surface area (Å²) in [7, 11) is 0. The molecule has 116 valence electrons. The van der Waals surface area contributed by atoms with Crippen LogP contribution in [0, 0.1) is 17.0 Å². The van der Waals surface area contributed by atoms with Gasteiger partial charge in [-0.25, -0.2) is 0 Å². The maximum Gasteiger partial charge on any atom is 0.313 e. The fourth-order valence-electron chi connectivity index (χ4n) is 3.00. The van der Waals surface area contributed by atoms with Crippen molar-refractivity contribution in [3.05, 3.63) is 33.4 Å². The van der Waals surface area contributed by atoms with Gasteiger partial charge in [0, 0.05) is 43.3 Å². The van der Waals surface area contributed by atoms with E-state index in [1.165, 1.54) is 0 Å². The SMILES string of the molecule is CCC[C@H](c1ccc(C)c([N+](=O)[O-])c1O)N1CCNCC1. The zero-order valence-corrected chi connectivity index (χ0v) is 12.6. The van der Waals surface area contributed by atoms with Gasteiger partial charge in [0.1, 0.15) is 0 Å². The lowest BCUT2D eigenvalue weighted by Gasteiger charge is -2.35. The normalized spacial score (nSPS) is 17.6. The van der Waals surface area contributed by atoms with Crippen LogP contribution < -0.4 is 5.32 Å². The predicted octanol–water partition coefficient (Wildman–Crippen LogP) is 2.36. The molecule has 0 bridgehead atoms. The molecule has 1 fully saturated rings. The van der Waals surface area contributed by atoms with Crippen molar-refractivity contribution in [1.82, 2.24) is 10.2 Å². The summed E-state index contributed by atoms with van der Waals surface area (Å²) in [6, 6.07) is 3.61. The van der Waals surface area contributed by atoms with Gasteiger partial charge in [0.15, 0.2) is 5.75 Å². The Morgan fingerprint density at radius 3 is 2.67 bits per heavy atom. The van der Waals surface area contributed by atoms with Crippen LogP contribution in [-0.4, -0.2) is 41.1 Å². The molecule has 6 nitrogen and oxygen atoms in total. The molecule has 0 spiro atoms. The molecule has 1 heterocycles. The second-order valence-corrected chi connectivity index (χ2v) is 5.52. The monoisotopic (exact) mass is 293 g/mol. The standard InChI is InChI=1S/C15H23N3O3/c1-3-4-13(17-9-7-16-8-10-17)12-6-5-11(2)14(15(12)19)18(20)21/h5-6,13,16,19H,3-4,7-10H2,1-2H3/t13-/m1/s1. The average molecular weight is 293 g/mol. The molecule has 0 aromatic heterocycles. The lowest BCUT2D eigenvalue weighted by atomic mass is 9.96. The first-order valence-corrected chi connectivity index (χ1v) is 7.47. The number of nitro groups is 1. The zero-order chi connectivity index (χ0) is 15.4. The van der Waals surface area contributed by atoms with Crippen LogP contribution in [-0.2, 0) is 0 Å². The number of nitrogens with one attached hydrogen (secondary N) is 1. The Bertz CT molecular complexity index is 513. The number of hydrogen-bond acceptors (Lipinski definition) is 5. The highest BCUT2D eigenvalue weighted by molar-refractivity contribution is 5.56. The van der Waals surface area contributed by atoms with Crippen molar-refractivity contribution >= 4 is 5.69 Å². The molecule has 1 aromatic carbocycles. The number of nitrogens with zero attached hydrogens (tertiary/aromatic N) is 2. The summed E-state index contributed by atoms with van der Waals surface area (Å²) in [5.74, 6) is -0.169. The van der Waals surface area contributed by atoms with Crippen LogP contribution in [0.2, 0.25) is 0 Å². The lowest BCUT2D eigenvalue weighted by molar-refractivity contribution is -0.386. The summed E-state index contributed by atoms with van der Waals surface area (Å²) >= 11 is 0. The maximum atomic E-state index is 11.2. The molecule has 1 atom stereocenters. The van der Waals surface area contributed by atoms with Crippen LogP contribution in [0.4, 0.5) is 5.69 Å². The van der Waals surface area contributed by atoms with E-state index in [0.29, 0.717) is 11.1 Å². The van der Waals surface area contributed by atoms with Gasteiger partial charge in [0.25, 0.3) is 0 Å². The van der Waals surface area contributed by atoms with Gasteiger partial charge in [-0.05, 0) is 13.3 Å². The average Bonchev–Trinajstić information content (AvgIpc) is 2.46. The Hall–Kier alpha value is -1.66. The van der Waals surface area contributed by atoms with E-state index in [9.17, 15) is 15.2 Å². The molecule has 0 amide bonds. The minimum atomic E-state index is -0.491. The van der Waals surface area contributed by atoms with Crippen molar-refractivity contribution in [1.29, 1.82) is 0 Å². The molecule has 1 aromatic rings. The summed E-state index contributed by atoms with van der Waals surface area (Å²) in [5, 5.41) is 24.9. The first kappa shape index (κ1) is 15.7. The first-order valence-electron chi connectivity index (χ1n) is 7.47. The third-order valence-corrected chi connectivity index (χ3v) is 4.08. The lowest BCUT2D eigenvalue weighted by Crippen LogP contribution is -2.45.